The summed E-state index contributed by atoms with van der Waals surface area (Å²) in [6.45, 7) is 10.3. The van der Waals surface area contributed by atoms with E-state index in [1.165, 1.54) is 0 Å². The topological polar surface area (TPSA) is 46.3 Å². The molecule has 0 bridgehead atoms. The molecule has 0 aliphatic carbocycles. The van der Waals surface area contributed by atoms with Gasteiger partial charge in [-0.2, -0.15) is 0 Å². The highest BCUT2D eigenvalue weighted by Gasteiger charge is 2.26. The Labute approximate surface area is 87.6 Å². The molecule has 0 aliphatic heterocycles. The van der Waals surface area contributed by atoms with Crippen LogP contribution >= 0.6 is 0 Å². The summed E-state index contributed by atoms with van der Waals surface area (Å²) in [5.41, 5.74) is 5.17. The molecular weight excluding hydrogens is 176 g/mol. The summed E-state index contributed by atoms with van der Waals surface area (Å²) in [6, 6.07) is 0. The van der Waals surface area contributed by atoms with Gasteiger partial charge in [-0.15, -0.1) is 0 Å². The number of amides is 1. The highest BCUT2D eigenvalue weighted by molar-refractivity contribution is 5.81. The molecule has 3 nitrogen and oxygen atoms in total. The van der Waals surface area contributed by atoms with E-state index in [4.69, 9.17) is 5.73 Å². The van der Waals surface area contributed by atoms with Gasteiger partial charge in [0.15, 0.2) is 0 Å². The van der Waals surface area contributed by atoms with Crippen LogP contribution in [0.4, 0.5) is 0 Å². The Morgan fingerprint density at radius 3 is 2.21 bits per heavy atom. The first-order valence-corrected chi connectivity index (χ1v) is 5.43. The second-order valence-electron chi connectivity index (χ2n) is 4.68. The zero-order chi connectivity index (χ0) is 11.2. The summed E-state index contributed by atoms with van der Waals surface area (Å²) in [5.74, 6) is 0.229. The highest BCUT2D eigenvalue weighted by Crippen LogP contribution is 2.17. The molecular formula is C11H24N2O. The van der Waals surface area contributed by atoms with Crippen molar-refractivity contribution in [1.29, 1.82) is 0 Å². The summed E-state index contributed by atoms with van der Waals surface area (Å²) in [6.07, 6.45) is 1.90. The first-order chi connectivity index (χ1) is 6.43. The van der Waals surface area contributed by atoms with Crippen molar-refractivity contribution in [3.63, 3.8) is 0 Å². The Bertz CT molecular complexity index is 173. The van der Waals surface area contributed by atoms with Crippen LogP contribution in [-0.4, -0.2) is 30.4 Å². The van der Waals surface area contributed by atoms with E-state index < -0.39 is 0 Å². The van der Waals surface area contributed by atoms with E-state index in [2.05, 4.69) is 6.92 Å². The summed E-state index contributed by atoms with van der Waals surface area (Å²) < 4.78 is 0. The normalized spacial score (nSPS) is 11.5. The van der Waals surface area contributed by atoms with Crippen molar-refractivity contribution < 1.29 is 4.79 Å². The van der Waals surface area contributed by atoms with Crippen LogP contribution in [-0.2, 0) is 4.79 Å². The average Bonchev–Trinajstić information content (AvgIpc) is 2.09. The molecule has 14 heavy (non-hydrogen) atoms. The maximum absolute atomic E-state index is 11.9. The molecule has 0 saturated carbocycles. The molecule has 0 aromatic carbocycles. The van der Waals surface area contributed by atoms with Crippen molar-refractivity contribution in [2.24, 2.45) is 11.1 Å². The molecule has 2 N–H and O–H groups in total. The lowest BCUT2D eigenvalue weighted by molar-refractivity contribution is -0.139. The quantitative estimate of drug-likeness (QED) is 0.733. The van der Waals surface area contributed by atoms with E-state index in [0.717, 1.165) is 25.9 Å². The van der Waals surface area contributed by atoms with Crippen LogP contribution in [0.5, 0.6) is 0 Å². The van der Waals surface area contributed by atoms with Gasteiger partial charge in [0.2, 0.25) is 5.91 Å². The number of rotatable bonds is 5. The average molecular weight is 200 g/mol. The second-order valence-corrected chi connectivity index (χ2v) is 4.68. The van der Waals surface area contributed by atoms with Crippen molar-refractivity contribution >= 4 is 5.91 Å². The minimum absolute atomic E-state index is 0.229. The van der Waals surface area contributed by atoms with Crippen LogP contribution in [0, 0.1) is 5.41 Å². The van der Waals surface area contributed by atoms with E-state index in [1.54, 1.807) is 0 Å². The van der Waals surface area contributed by atoms with Crippen LogP contribution in [0.25, 0.3) is 0 Å². The van der Waals surface area contributed by atoms with Crippen molar-refractivity contribution in [3.05, 3.63) is 0 Å². The summed E-state index contributed by atoms with van der Waals surface area (Å²) in [4.78, 5) is 13.9. The Morgan fingerprint density at radius 1 is 1.29 bits per heavy atom. The lowest BCUT2D eigenvalue weighted by atomic mass is 9.94. The summed E-state index contributed by atoms with van der Waals surface area (Å²) in [7, 11) is 0. The molecule has 0 heterocycles. The third kappa shape index (κ3) is 4.61. The lowest BCUT2D eigenvalue weighted by Crippen LogP contribution is -2.41. The predicted octanol–water partition coefficient (Wildman–Crippen LogP) is 1.62. The van der Waals surface area contributed by atoms with Gasteiger partial charge in [-0.3, -0.25) is 4.79 Å². The van der Waals surface area contributed by atoms with Gasteiger partial charge in [-0.05, 0) is 19.4 Å². The number of nitrogens with two attached hydrogens (primary N) is 1. The fourth-order valence-corrected chi connectivity index (χ4v) is 1.34. The molecule has 0 atom stereocenters. The molecule has 0 saturated heterocycles. The van der Waals surface area contributed by atoms with Gasteiger partial charge < -0.3 is 10.6 Å². The number of hydrogen-bond acceptors (Lipinski definition) is 2. The fourth-order valence-electron chi connectivity index (χ4n) is 1.34. The number of carbonyl (C=O) groups is 1. The molecule has 84 valence electrons. The van der Waals surface area contributed by atoms with Gasteiger partial charge >= 0.3 is 0 Å². The third-order valence-corrected chi connectivity index (χ3v) is 2.05. The maximum Gasteiger partial charge on any atom is 0.227 e. The summed E-state index contributed by atoms with van der Waals surface area (Å²) >= 11 is 0. The van der Waals surface area contributed by atoms with Gasteiger partial charge in [-0.1, -0.05) is 27.7 Å². The Kier molecular flexibility index (Phi) is 5.77. The van der Waals surface area contributed by atoms with Crippen LogP contribution in [0.2, 0.25) is 0 Å². The molecule has 1 amide bonds. The number of carbonyl (C=O) groups excluding carboxylic acids is 1. The minimum atomic E-state index is -0.274. The van der Waals surface area contributed by atoms with Crippen molar-refractivity contribution in [3.8, 4) is 0 Å². The standard InChI is InChI=1S/C11H24N2O/c1-5-8-13(9-6-7-12)10(14)11(2,3)4/h5-9,12H2,1-4H3. The maximum atomic E-state index is 11.9. The second kappa shape index (κ2) is 6.02. The SMILES string of the molecule is CCCN(CCCN)C(=O)C(C)(C)C. The van der Waals surface area contributed by atoms with E-state index >= 15 is 0 Å². The molecule has 0 radical (unpaired) electrons. The molecule has 0 rings (SSSR count). The monoisotopic (exact) mass is 200 g/mol. The van der Waals surface area contributed by atoms with E-state index in [-0.39, 0.29) is 11.3 Å². The van der Waals surface area contributed by atoms with Gasteiger partial charge in [-0.25, -0.2) is 0 Å². The van der Waals surface area contributed by atoms with Gasteiger partial charge in [0.1, 0.15) is 0 Å². The molecule has 3 heteroatoms. The molecule has 0 aliphatic rings. The number of hydrogen-bond donors (Lipinski definition) is 1. The van der Waals surface area contributed by atoms with E-state index in [0.29, 0.717) is 6.54 Å². The van der Waals surface area contributed by atoms with Gasteiger partial charge in [0.25, 0.3) is 0 Å². The Hall–Kier alpha value is -0.570. The zero-order valence-electron chi connectivity index (χ0n) is 9.97. The highest BCUT2D eigenvalue weighted by atomic mass is 16.2. The van der Waals surface area contributed by atoms with Crippen LogP contribution in [0.1, 0.15) is 40.5 Å². The predicted molar refractivity (Wildman–Crippen MR) is 60.0 cm³/mol. The summed E-state index contributed by atoms with van der Waals surface area (Å²) in [5, 5.41) is 0. The third-order valence-electron chi connectivity index (χ3n) is 2.05. The minimum Gasteiger partial charge on any atom is -0.342 e. The first-order valence-electron chi connectivity index (χ1n) is 5.43. The van der Waals surface area contributed by atoms with Crippen molar-refractivity contribution in [2.75, 3.05) is 19.6 Å². The van der Waals surface area contributed by atoms with Gasteiger partial charge in [0, 0.05) is 18.5 Å². The Balaban J connectivity index is 4.25. The molecule has 0 aromatic rings. The van der Waals surface area contributed by atoms with E-state index in [1.807, 2.05) is 25.7 Å². The Morgan fingerprint density at radius 2 is 1.86 bits per heavy atom. The largest absolute Gasteiger partial charge is 0.342 e. The van der Waals surface area contributed by atoms with Gasteiger partial charge in [0.05, 0.1) is 0 Å². The molecule has 0 spiro atoms. The van der Waals surface area contributed by atoms with E-state index in [9.17, 15) is 4.79 Å². The van der Waals surface area contributed by atoms with Crippen LogP contribution in [0.3, 0.4) is 0 Å². The first kappa shape index (κ1) is 13.4. The van der Waals surface area contributed by atoms with Crippen molar-refractivity contribution in [2.45, 2.75) is 40.5 Å². The lowest BCUT2D eigenvalue weighted by Gasteiger charge is -2.29. The fraction of sp³-hybridized carbons (Fsp3) is 0.909. The van der Waals surface area contributed by atoms with Crippen LogP contribution in [0.15, 0.2) is 0 Å². The van der Waals surface area contributed by atoms with Crippen LogP contribution < -0.4 is 5.73 Å². The molecule has 0 unspecified atom stereocenters. The zero-order valence-corrected chi connectivity index (χ0v) is 9.97. The van der Waals surface area contributed by atoms with Crippen molar-refractivity contribution in [1.82, 2.24) is 4.90 Å². The number of nitrogens with zero attached hydrogens (tertiary/aromatic N) is 1. The smallest absolute Gasteiger partial charge is 0.227 e. The molecule has 0 fully saturated rings. The molecule has 0 aromatic heterocycles.